The Balaban J connectivity index is 0.00000289. The maximum atomic E-state index is 13.2. The monoisotopic (exact) mass is 588 g/mol. The average molecular weight is 589 g/mol. The van der Waals surface area contributed by atoms with Crippen LogP contribution in [0.1, 0.15) is 27.7 Å². The number of halogens is 1. The third-order valence-electron chi connectivity index (χ3n) is 7.00. The Morgan fingerprint density at radius 2 is 1.30 bits per heavy atom. The van der Waals surface area contributed by atoms with Crippen molar-refractivity contribution in [3.05, 3.63) is 144 Å². The topological polar surface area (TPSA) is 61.2 Å². The Morgan fingerprint density at radius 3 is 1.95 bits per heavy atom. The summed E-state index contributed by atoms with van der Waals surface area (Å²) in [5.74, 6) is 2.28. The Morgan fingerprint density at radius 1 is 0.725 bits per heavy atom. The normalized spacial score (nSPS) is 11.1. The van der Waals surface area contributed by atoms with Gasteiger partial charge >= 0.3 is 0 Å². The predicted molar refractivity (Wildman–Crippen MR) is 164 cm³/mol. The first-order valence-corrected chi connectivity index (χ1v) is 12.9. The molecule has 0 N–H and O–H groups in total. The molecule has 0 atom stereocenters. The number of Topliss-reactive ketones (excluding diaryl/α,β-unsaturated/α-hetero) is 1. The molecule has 5 nitrogen and oxygen atoms in total. The van der Waals surface area contributed by atoms with Gasteiger partial charge in [0.2, 0.25) is 0 Å². The molecule has 0 aliphatic rings. The summed E-state index contributed by atoms with van der Waals surface area (Å²) >= 11 is 0. The number of rotatable bonds is 7. The largest absolute Gasteiger partial charge is 0.456 e. The minimum absolute atomic E-state index is 0. The van der Waals surface area contributed by atoms with Gasteiger partial charge in [0.05, 0.1) is 23.2 Å². The van der Waals surface area contributed by atoms with Crippen molar-refractivity contribution in [2.45, 2.75) is 13.0 Å². The van der Waals surface area contributed by atoms with Gasteiger partial charge in [0, 0.05) is 22.8 Å². The molecule has 0 fully saturated rings. The molecule has 0 spiro atoms. The maximum absolute atomic E-state index is 13.2. The number of imidazole rings is 1. The molecule has 3 aromatic heterocycles. The first kappa shape index (κ1) is 25.6. The fraction of sp³-hybridized carbons (Fsp3) is 0.0588. The molecule has 0 bridgehead atoms. The van der Waals surface area contributed by atoms with Crippen LogP contribution in [0.2, 0.25) is 0 Å². The number of aromatic nitrogens is 2. The fourth-order valence-electron chi connectivity index (χ4n) is 5.06. The van der Waals surface area contributed by atoms with E-state index >= 15 is 0 Å². The molecule has 196 valence electrons. The molecule has 7 rings (SSSR count). The van der Waals surface area contributed by atoms with Gasteiger partial charge in [-0.2, -0.15) is 0 Å². The molecule has 3 heterocycles. The number of hydrogen-bond acceptors (Lipinski definition) is 4. The smallest absolute Gasteiger partial charge is 0.182 e. The van der Waals surface area contributed by atoms with Gasteiger partial charge in [-0.05, 0) is 36.4 Å². The van der Waals surface area contributed by atoms with Crippen molar-refractivity contribution >= 4 is 61.3 Å². The zero-order valence-electron chi connectivity index (χ0n) is 21.5. The quantitative estimate of drug-likeness (QED) is 0.175. The number of benzene rings is 4. The molecule has 4 aromatic carbocycles. The van der Waals surface area contributed by atoms with E-state index in [1.807, 2.05) is 120 Å². The van der Waals surface area contributed by atoms with Crippen LogP contribution in [0.5, 0.6) is 0 Å². The van der Waals surface area contributed by atoms with E-state index in [0.29, 0.717) is 12.0 Å². The number of allylic oxidation sites excluding steroid dienone is 1. The highest BCUT2D eigenvalue weighted by Gasteiger charge is 2.18. The highest BCUT2D eigenvalue weighted by Crippen LogP contribution is 2.33. The number of para-hydroxylation sites is 4. The number of ketones is 1. The van der Waals surface area contributed by atoms with E-state index in [1.54, 1.807) is 0 Å². The van der Waals surface area contributed by atoms with E-state index in [2.05, 4.69) is 6.08 Å². The fourth-order valence-corrected chi connectivity index (χ4v) is 5.06. The van der Waals surface area contributed by atoms with Crippen LogP contribution in [0, 0.1) is 0 Å². The first-order valence-electron chi connectivity index (χ1n) is 12.9. The number of hydrogen-bond donors (Lipinski definition) is 0. The lowest BCUT2D eigenvalue weighted by Crippen LogP contribution is -2.13. The van der Waals surface area contributed by atoms with Crippen molar-refractivity contribution in [2.75, 3.05) is 0 Å². The van der Waals surface area contributed by atoms with Gasteiger partial charge in [-0.25, -0.2) is 4.98 Å². The summed E-state index contributed by atoms with van der Waals surface area (Å²) < 4.78 is 14.6. The molecule has 0 unspecified atom stereocenters. The first-order chi connectivity index (χ1) is 19.2. The third-order valence-corrected chi connectivity index (χ3v) is 7.00. The molecular formula is C34H25BrN2O3. The van der Waals surface area contributed by atoms with Crippen molar-refractivity contribution < 1.29 is 13.6 Å². The summed E-state index contributed by atoms with van der Waals surface area (Å²) in [6, 6.07) is 37.3. The zero-order chi connectivity index (χ0) is 26.2. The van der Waals surface area contributed by atoms with E-state index in [1.165, 1.54) is 0 Å². The third kappa shape index (κ3) is 4.78. The van der Waals surface area contributed by atoms with Crippen molar-refractivity contribution in [2.24, 2.45) is 0 Å². The second-order valence-corrected chi connectivity index (χ2v) is 9.51. The average Bonchev–Trinajstić information content (AvgIpc) is 3.69. The van der Waals surface area contributed by atoms with Crippen molar-refractivity contribution in [3.63, 3.8) is 0 Å². The summed E-state index contributed by atoms with van der Waals surface area (Å²) in [5, 5.41) is 2.05. The lowest BCUT2D eigenvalue weighted by molar-refractivity contribution is 0.0972. The van der Waals surface area contributed by atoms with Crippen LogP contribution >= 0.6 is 17.0 Å². The summed E-state index contributed by atoms with van der Waals surface area (Å²) in [7, 11) is 0. The highest BCUT2D eigenvalue weighted by atomic mass is 79.9. The van der Waals surface area contributed by atoms with Crippen LogP contribution < -0.4 is 0 Å². The molecule has 0 aliphatic heterocycles. The van der Waals surface area contributed by atoms with Gasteiger partial charge in [0.25, 0.3) is 0 Å². The Hall–Kier alpha value is -4.68. The molecule has 40 heavy (non-hydrogen) atoms. The minimum atomic E-state index is 0. The van der Waals surface area contributed by atoms with Gasteiger partial charge in [-0.15, -0.1) is 17.0 Å². The number of furan rings is 2. The van der Waals surface area contributed by atoms with E-state index in [-0.39, 0.29) is 29.3 Å². The number of carbonyl (C=O) groups excluding carboxylic acids is 1. The van der Waals surface area contributed by atoms with E-state index in [0.717, 1.165) is 55.9 Å². The Kier molecular flexibility index (Phi) is 6.93. The second kappa shape index (κ2) is 10.8. The van der Waals surface area contributed by atoms with Crippen LogP contribution in [0.15, 0.2) is 130 Å². The van der Waals surface area contributed by atoms with Gasteiger partial charge < -0.3 is 13.4 Å². The van der Waals surface area contributed by atoms with Crippen LogP contribution in [0.25, 0.3) is 38.5 Å². The SMILES string of the molecule is Br.O=C(Cn1c(CC=C(c2cc3ccccc3o2)c2cc3ccccc3o2)nc2ccccc21)c1ccccc1. The van der Waals surface area contributed by atoms with Gasteiger partial charge in [0.15, 0.2) is 5.78 Å². The van der Waals surface area contributed by atoms with Crippen LogP contribution in [-0.2, 0) is 13.0 Å². The van der Waals surface area contributed by atoms with Gasteiger partial charge in [0.1, 0.15) is 28.5 Å². The molecule has 0 aliphatic carbocycles. The molecule has 0 saturated heterocycles. The van der Waals surface area contributed by atoms with Crippen LogP contribution in [0.3, 0.4) is 0 Å². The summed E-state index contributed by atoms with van der Waals surface area (Å²) in [6.45, 7) is 0.207. The molecule has 7 aromatic rings. The minimum Gasteiger partial charge on any atom is -0.456 e. The molecule has 0 amide bonds. The Bertz CT molecular complexity index is 1850. The van der Waals surface area contributed by atoms with Crippen LogP contribution in [-0.4, -0.2) is 15.3 Å². The van der Waals surface area contributed by atoms with Crippen molar-refractivity contribution in [1.82, 2.24) is 9.55 Å². The number of carbonyl (C=O) groups is 1. The molecular weight excluding hydrogens is 564 g/mol. The lowest BCUT2D eigenvalue weighted by atomic mass is 10.1. The molecule has 0 saturated carbocycles. The number of fused-ring (bicyclic) bond motifs is 3. The van der Waals surface area contributed by atoms with Crippen molar-refractivity contribution in [1.29, 1.82) is 0 Å². The molecule has 6 heteroatoms. The van der Waals surface area contributed by atoms with E-state index in [9.17, 15) is 4.79 Å². The predicted octanol–water partition coefficient (Wildman–Crippen LogP) is 8.66. The van der Waals surface area contributed by atoms with E-state index in [4.69, 9.17) is 13.8 Å². The lowest BCUT2D eigenvalue weighted by Gasteiger charge is -2.08. The summed E-state index contributed by atoms with van der Waals surface area (Å²) in [5.41, 5.74) is 4.94. The molecule has 0 radical (unpaired) electrons. The standard InChI is InChI=1S/C34H24N2O3.BrH/c37-29(23-10-2-1-3-11-23)22-36-28-15-7-6-14-27(28)35-34(36)19-18-26(32-20-24-12-4-8-16-30(24)38-32)33-21-25-13-5-9-17-31(25)39-33;/h1-18,20-21H,19,22H2;1H. The van der Waals surface area contributed by atoms with E-state index < -0.39 is 0 Å². The second-order valence-electron chi connectivity index (χ2n) is 9.51. The van der Waals surface area contributed by atoms with Crippen LogP contribution in [0.4, 0.5) is 0 Å². The summed E-state index contributed by atoms with van der Waals surface area (Å²) in [6.07, 6.45) is 2.57. The highest BCUT2D eigenvalue weighted by molar-refractivity contribution is 8.93. The van der Waals surface area contributed by atoms with Gasteiger partial charge in [-0.1, -0.05) is 84.9 Å². The maximum Gasteiger partial charge on any atom is 0.182 e. The van der Waals surface area contributed by atoms with Gasteiger partial charge in [-0.3, -0.25) is 4.79 Å². The zero-order valence-corrected chi connectivity index (χ0v) is 23.2. The van der Waals surface area contributed by atoms with Crippen molar-refractivity contribution in [3.8, 4) is 0 Å². The summed E-state index contributed by atoms with van der Waals surface area (Å²) in [4.78, 5) is 18.1. The Labute approximate surface area is 241 Å². The number of nitrogens with zero attached hydrogens (tertiary/aromatic N) is 2.